The smallest absolute Gasteiger partial charge is 0.416 e. The summed E-state index contributed by atoms with van der Waals surface area (Å²) in [5, 5.41) is 11.2. The number of methoxy groups -OCH3 is 1. The summed E-state index contributed by atoms with van der Waals surface area (Å²) in [4.78, 5) is 20.0. The van der Waals surface area contributed by atoms with E-state index < -0.39 is 23.8 Å². The van der Waals surface area contributed by atoms with E-state index >= 15 is 0 Å². The highest BCUT2D eigenvalue weighted by Crippen LogP contribution is 2.40. The van der Waals surface area contributed by atoms with Gasteiger partial charge in [0.2, 0.25) is 0 Å². The molecule has 1 atom stereocenters. The number of hydrogen-bond acceptors (Lipinski definition) is 4. The quantitative estimate of drug-likeness (QED) is 0.631. The standard InChI is InChI=1S/C21H15F3N4O2/c1-30-19-8-14(21(22,23)24)6-7-17(19)27-12-15(9-25)28(20(27)29)18-11-26-10-13-4-2-3-5-16(13)18/h2-8,10-11,15H,12H2,1H3/t15-/m0/s1. The molecule has 1 aliphatic heterocycles. The predicted molar refractivity (Wildman–Crippen MR) is 104 cm³/mol. The molecule has 0 unspecified atom stereocenters. The number of alkyl halides is 3. The minimum Gasteiger partial charge on any atom is -0.495 e. The van der Waals surface area contributed by atoms with Crippen molar-refractivity contribution in [1.29, 1.82) is 5.26 Å². The molecule has 0 saturated carbocycles. The van der Waals surface area contributed by atoms with E-state index in [1.807, 2.05) is 24.3 Å². The molecule has 0 spiro atoms. The third kappa shape index (κ3) is 3.16. The molecule has 0 aliphatic carbocycles. The van der Waals surface area contributed by atoms with Crippen LogP contribution in [0.5, 0.6) is 5.75 Å². The molecule has 1 aromatic heterocycles. The van der Waals surface area contributed by atoms with Crippen molar-refractivity contribution in [3.63, 3.8) is 0 Å². The summed E-state index contributed by atoms with van der Waals surface area (Å²) in [6.07, 6.45) is -1.40. The molecule has 4 rings (SSSR count). The molecule has 0 N–H and O–H groups in total. The Balaban J connectivity index is 1.78. The van der Waals surface area contributed by atoms with E-state index in [2.05, 4.69) is 11.1 Å². The van der Waals surface area contributed by atoms with E-state index in [0.717, 1.165) is 22.9 Å². The molecular formula is C21H15F3N4O2. The summed E-state index contributed by atoms with van der Waals surface area (Å²) < 4.78 is 44.2. The van der Waals surface area contributed by atoms with Gasteiger partial charge in [0, 0.05) is 17.0 Å². The Morgan fingerprint density at radius 1 is 1.17 bits per heavy atom. The fourth-order valence-corrected chi connectivity index (χ4v) is 3.54. The summed E-state index contributed by atoms with van der Waals surface area (Å²) >= 11 is 0. The number of anilines is 2. The number of rotatable bonds is 3. The molecule has 1 fully saturated rings. The average Bonchev–Trinajstić information content (AvgIpc) is 3.08. The zero-order chi connectivity index (χ0) is 21.5. The van der Waals surface area contributed by atoms with Crippen molar-refractivity contribution in [3.05, 3.63) is 60.4 Å². The first-order valence-electron chi connectivity index (χ1n) is 8.93. The lowest BCUT2D eigenvalue weighted by Crippen LogP contribution is -2.34. The molecule has 0 bridgehead atoms. The van der Waals surface area contributed by atoms with Gasteiger partial charge in [0.25, 0.3) is 0 Å². The van der Waals surface area contributed by atoms with Crippen molar-refractivity contribution in [3.8, 4) is 11.8 Å². The topological polar surface area (TPSA) is 69.5 Å². The van der Waals surface area contributed by atoms with E-state index in [1.165, 1.54) is 29.2 Å². The Bertz CT molecular complexity index is 1170. The van der Waals surface area contributed by atoms with Gasteiger partial charge in [-0.2, -0.15) is 18.4 Å². The first kappa shape index (κ1) is 19.5. The number of carbonyl (C=O) groups is 1. The lowest BCUT2D eigenvalue weighted by Gasteiger charge is -2.22. The third-order valence-corrected chi connectivity index (χ3v) is 4.96. The molecule has 6 nitrogen and oxygen atoms in total. The molecule has 9 heteroatoms. The predicted octanol–water partition coefficient (Wildman–Crippen LogP) is 4.60. The zero-order valence-electron chi connectivity index (χ0n) is 15.7. The molecule has 0 radical (unpaired) electrons. The third-order valence-electron chi connectivity index (χ3n) is 4.96. The summed E-state index contributed by atoms with van der Waals surface area (Å²) in [6.45, 7) is -0.0275. The Labute approximate surface area is 169 Å². The van der Waals surface area contributed by atoms with Gasteiger partial charge in [-0.25, -0.2) is 4.79 Å². The van der Waals surface area contributed by atoms with Crippen LogP contribution < -0.4 is 14.5 Å². The summed E-state index contributed by atoms with van der Waals surface area (Å²) in [5.74, 6) is -0.104. The highest BCUT2D eigenvalue weighted by atomic mass is 19.4. The second kappa shape index (κ2) is 7.22. The Morgan fingerprint density at radius 3 is 2.63 bits per heavy atom. The summed E-state index contributed by atoms with van der Waals surface area (Å²) in [6, 6.07) is 10.9. The van der Waals surface area contributed by atoms with Gasteiger partial charge >= 0.3 is 12.2 Å². The van der Waals surface area contributed by atoms with Crippen LogP contribution in [-0.2, 0) is 6.18 Å². The molecule has 1 saturated heterocycles. The Hall–Kier alpha value is -3.80. The number of ether oxygens (including phenoxy) is 1. The molecule has 2 heterocycles. The maximum Gasteiger partial charge on any atom is 0.416 e. The average molecular weight is 412 g/mol. The van der Waals surface area contributed by atoms with Gasteiger partial charge in [-0.15, -0.1) is 0 Å². The minimum atomic E-state index is -4.54. The lowest BCUT2D eigenvalue weighted by molar-refractivity contribution is -0.137. The van der Waals surface area contributed by atoms with Crippen LogP contribution in [0.3, 0.4) is 0 Å². The van der Waals surface area contributed by atoms with Crippen LogP contribution >= 0.6 is 0 Å². The molecule has 2 amide bonds. The Morgan fingerprint density at radius 2 is 1.93 bits per heavy atom. The summed E-state index contributed by atoms with van der Waals surface area (Å²) in [7, 11) is 1.23. The van der Waals surface area contributed by atoms with Crippen molar-refractivity contribution in [2.24, 2.45) is 0 Å². The number of amides is 2. The second-order valence-corrected chi connectivity index (χ2v) is 6.67. The number of aromatic nitrogens is 1. The van der Waals surface area contributed by atoms with Crippen LogP contribution in [-0.4, -0.2) is 30.7 Å². The van der Waals surface area contributed by atoms with Gasteiger partial charge in [0.1, 0.15) is 11.8 Å². The number of benzene rings is 2. The monoisotopic (exact) mass is 412 g/mol. The van der Waals surface area contributed by atoms with Gasteiger partial charge < -0.3 is 4.74 Å². The molecule has 2 aromatic carbocycles. The van der Waals surface area contributed by atoms with Crippen molar-refractivity contribution in [1.82, 2.24) is 4.98 Å². The van der Waals surface area contributed by atoms with Crippen LogP contribution in [0.15, 0.2) is 54.9 Å². The molecule has 1 aliphatic rings. The van der Waals surface area contributed by atoms with E-state index in [0.29, 0.717) is 5.69 Å². The maximum atomic E-state index is 13.3. The number of hydrogen-bond donors (Lipinski definition) is 0. The van der Waals surface area contributed by atoms with Gasteiger partial charge in [0.15, 0.2) is 0 Å². The fraction of sp³-hybridized carbons (Fsp3) is 0.190. The van der Waals surface area contributed by atoms with Crippen molar-refractivity contribution in [2.75, 3.05) is 23.5 Å². The highest BCUT2D eigenvalue weighted by molar-refractivity contribution is 6.12. The van der Waals surface area contributed by atoms with Crippen LogP contribution in [0.2, 0.25) is 0 Å². The van der Waals surface area contributed by atoms with E-state index in [9.17, 15) is 23.2 Å². The first-order chi connectivity index (χ1) is 14.3. The van der Waals surface area contributed by atoms with Crippen molar-refractivity contribution < 1.29 is 22.7 Å². The second-order valence-electron chi connectivity index (χ2n) is 6.67. The number of nitrogens with zero attached hydrogens (tertiary/aromatic N) is 4. The van der Waals surface area contributed by atoms with Gasteiger partial charge in [-0.3, -0.25) is 14.8 Å². The van der Waals surface area contributed by atoms with Crippen LogP contribution in [0, 0.1) is 11.3 Å². The lowest BCUT2D eigenvalue weighted by atomic mass is 10.1. The highest BCUT2D eigenvalue weighted by Gasteiger charge is 2.41. The minimum absolute atomic E-state index is 0.0275. The number of carbonyl (C=O) groups excluding carboxylic acids is 1. The molecule has 30 heavy (non-hydrogen) atoms. The van der Waals surface area contributed by atoms with E-state index in [4.69, 9.17) is 4.74 Å². The van der Waals surface area contributed by atoms with Crippen LogP contribution in [0.1, 0.15) is 5.56 Å². The number of fused-ring (bicyclic) bond motifs is 1. The van der Waals surface area contributed by atoms with Crippen molar-refractivity contribution in [2.45, 2.75) is 12.2 Å². The molecule has 152 valence electrons. The van der Waals surface area contributed by atoms with E-state index in [1.54, 1.807) is 6.20 Å². The van der Waals surface area contributed by atoms with Gasteiger partial charge in [-0.05, 0) is 18.2 Å². The Kier molecular flexibility index (Phi) is 4.70. The molecule has 3 aromatic rings. The number of pyridine rings is 1. The summed E-state index contributed by atoms with van der Waals surface area (Å²) in [5.41, 5.74) is -0.272. The number of nitriles is 1. The first-order valence-corrected chi connectivity index (χ1v) is 8.93. The van der Waals surface area contributed by atoms with Gasteiger partial charge in [-0.1, -0.05) is 24.3 Å². The zero-order valence-corrected chi connectivity index (χ0v) is 15.7. The van der Waals surface area contributed by atoms with Crippen LogP contribution in [0.4, 0.5) is 29.3 Å². The number of halogens is 3. The van der Waals surface area contributed by atoms with Crippen LogP contribution in [0.25, 0.3) is 10.8 Å². The van der Waals surface area contributed by atoms with Gasteiger partial charge in [0.05, 0.1) is 42.9 Å². The molecular weight excluding hydrogens is 397 g/mol. The van der Waals surface area contributed by atoms with E-state index in [-0.39, 0.29) is 18.0 Å². The largest absolute Gasteiger partial charge is 0.495 e. The van der Waals surface area contributed by atoms with Crippen molar-refractivity contribution >= 4 is 28.2 Å². The maximum absolute atomic E-state index is 13.3. The fourth-order valence-electron chi connectivity index (χ4n) is 3.54. The number of urea groups is 1. The SMILES string of the molecule is COc1cc(C(F)(F)F)ccc1N1C[C@H](C#N)N(c2cncc3ccccc23)C1=O. The normalized spacial score (nSPS) is 16.8.